The van der Waals surface area contributed by atoms with Gasteiger partial charge in [-0.1, -0.05) is 252 Å². The molecule has 3 aromatic rings. The van der Waals surface area contributed by atoms with Gasteiger partial charge in [-0.25, -0.2) is 13.7 Å². The summed E-state index contributed by atoms with van der Waals surface area (Å²) in [7, 11) is -10.4. The molecule has 4 rings (SSSR count). The number of hydrogen-bond acceptors (Lipinski definition) is 14. The second-order valence-corrected chi connectivity index (χ2v) is 28.3. The first kappa shape index (κ1) is 81.2. The summed E-state index contributed by atoms with van der Waals surface area (Å²) in [6, 6.07) is 12.5. The molecule has 0 saturated carbocycles. The number of carbonyl (C=O) groups is 2. The van der Waals surface area contributed by atoms with E-state index >= 15 is 0 Å². The summed E-state index contributed by atoms with van der Waals surface area (Å²) in [5.74, 6) is -0.0806. The monoisotopic (exact) mass is 1310 g/mol. The summed E-state index contributed by atoms with van der Waals surface area (Å²) >= 11 is 0. The van der Waals surface area contributed by atoms with E-state index in [0.717, 1.165) is 43.1 Å². The number of H-pyrrole nitrogens is 1. The first-order chi connectivity index (χ1) is 44.0. The summed E-state index contributed by atoms with van der Waals surface area (Å²) in [6.07, 6.45) is 45.3. The average Bonchev–Trinajstić information content (AvgIpc) is 2.00. The number of phosphoric acid groups is 2. The second-order valence-electron chi connectivity index (χ2n) is 25.1. The van der Waals surface area contributed by atoms with Crippen LogP contribution < -0.4 is 25.6 Å². The third kappa shape index (κ3) is 37.6. The molecule has 2 aromatic carbocycles. The summed E-state index contributed by atoms with van der Waals surface area (Å²) in [5, 5.41) is 0. The summed E-state index contributed by atoms with van der Waals surface area (Å²) in [5.41, 5.74) is -0.143. The highest BCUT2D eigenvalue weighted by atomic mass is 31.3. The van der Waals surface area contributed by atoms with Crippen LogP contribution in [0.25, 0.3) is 0 Å². The number of nitrogens with one attached hydrogen (secondary N) is 1. The van der Waals surface area contributed by atoms with E-state index in [1.54, 1.807) is 48.5 Å². The Bertz CT molecular complexity index is 2490. The van der Waals surface area contributed by atoms with Gasteiger partial charge < -0.3 is 28.1 Å². The van der Waals surface area contributed by atoms with Crippen LogP contribution in [-0.2, 0) is 54.6 Å². The highest BCUT2D eigenvalue weighted by Crippen LogP contribution is 2.62. The maximum absolute atomic E-state index is 14.1. The molecular weight excluding hydrogens is 1190 g/mol. The van der Waals surface area contributed by atoms with Gasteiger partial charge in [-0.3, -0.25) is 37.5 Å². The molecule has 0 amide bonds. The van der Waals surface area contributed by atoms with E-state index < -0.39 is 59.0 Å². The zero-order valence-corrected chi connectivity index (χ0v) is 59.2. The lowest BCUT2D eigenvalue weighted by molar-refractivity contribution is -0.929. The predicted octanol–water partition coefficient (Wildman–Crippen LogP) is 19.1. The molecule has 1 unspecified atom stereocenters. The zero-order chi connectivity index (χ0) is 66.3. The molecule has 0 aliphatic carbocycles. The minimum atomic E-state index is -5.43. The number of ether oxygens (including phenoxy) is 3. The van der Waals surface area contributed by atoms with Gasteiger partial charge in [-0.15, -0.1) is 0 Å². The van der Waals surface area contributed by atoms with Crippen molar-refractivity contribution in [2.24, 2.45) is 0 Å². The second kappa shape index (κ2) is 49.5. The van der Waals surface area contributed by atoms with Gasteiger partial charge in [0.25, 0.3) is 13.4 Å². The minimum absolute atomic E-state index is 0.263. The number of benzene rings is 2. The minimum Gasteiger partial charge on any atom is -0.756 e. The molecule has 19 heteroatoms. The van der Waals surface area contributed by atoms with Crippen molar-refractivity contribution in [2.45, 2.75) is 305 Å². The SMILES string of the molecule is CCCCCCCCCCCCCCCC(=O)Oc1ccc(COP(=O)(OCc2ccc(OC(=O)CCCCCCCCCCCCCCC)cc2)OP(=O)([O-])OC[C@@H]2C=C[C@H](n3cc(C)c(=O)[nH]c3=O)O2)cc1.CCCC[N+](CCCC)(CCCC)CCCC. The summed E-state index contributed by atoms with van der Waals surface area (Å²) in [4.78, 5) is 64.7. The lowest BCUT2D eigenvalue weighted by atomic mass is 10.0. The number of rotatable bonds is 54. The quantitative estimate of drug-likeness (QED) is 0.0139. The van der Waals surface area contributed by atoms with E-state index in [4.69, 9.17) is 32.1 Å². The molecule has 0 spiro atoms. The van der Waals surface area contributed by atoms with Crippen LogP contribution >= 0.6 is 15.6 Å². The topological polar surface area (TPSA) is 211 Å². The van der Waals surface area contributed by atoms with Crippen LogP contribution in [0, 0.1) is 6.92 Å². The predicted molar refractivity (Wildman–Crippen MR) is 365 cm³/mol. The Morgan fingerprint density at radius 2 is 0.857 bits per heavy atom. The maximum Gasteiger partial charge on any atom is 0.481 e. The Morgan fingerprint density at radius 3 is 1.22 bits per heavy atom. The van der Waals surface area contributed by atoms with Gasteiger partial charge >= 0.3 is 25.5 Å². The van der Waals surface area contributed by atoms with E-state index in [1.165, 1.54) is 236 Å². The normalized spacial score (nSPS) is 14.7. The van der Waals surface area contributed by atoms with Gasteiger partial charge in [-0.05, 0) is 86.9 Å². The third-order valence-electron chi connectivity index (χ3n) is 16.8. The van der Waals surface area contributed by atoms with Crippen LogP contribution in [0.15, 0.2) is 76.5 Å². The molecule has 1 aliphatic rings. The first-order valence-corrected chi connectivity index (χ1v) is 38.6. The molecule has 1 aliphatic heterocycles. The lowest BCUT2D eigenvalue weighted by Gasteiger charge is -2.39. The number of nitrogens with zero attached hydrogens (tertiary/aromatic N) is 2. The van der Waals surface area contributed by atoms with Crippen LogP contribution in [0.5, 0.6) is 11.5 Å². The first-order valence-electron chi connectivity index (χ1n) is 35.7. The number of aryl methyl sites for hydroxylation is 1. The van der Waals surface area contributed by atoms with E-state index in [1.807, 2.05) is 0 Å². The number of esters is 2. The van der Waals surface area contributed by atoms with E-state index in [0.29, 0.717) is 35.5 Å². The average molecular weight is 1310 g/mol. The number of hydrogen-bond donors (Lipinski definition) is 1. The highest BCUT2D eigenvalue weighted by molar-refractivity contribution is 7.61. The molecule has 518 valence electrons. The Balaban J connectivity index is 0.00000110. The van der Waals surface area contributed by atoms with Gasteiger partial charge in [0.15, 0.2) is 6.23 Å². The molecule has 0 fully saturated rings. The fourth-order valence-corrected chi connectivity index (χ4v) is 13.7. The summed E-state index contributed by atoms with van der Waals surface area (Å²) < 4.78 is 67.8. The van der Waals surface area contributed by atoms with Gasteiger partial charge in [0.2, 0.25) is 0 Å². The Hall–Kier alpha value is -4.02. The molecule has 0 saturated heterocycles. The highest BCUT2D eigenvalue weighted by Gasteiger charge is 2.35. The maximum atomic E-state index is 14.1. The standard InChI is InChI=1S/C56H86N2O14P2.C16H36N/c1-4-6-8-10-12-14-16-18-20-22-24-26-28-30-53(59)70-49-36-32-47(33-37-49)43-67-74(65,72-73(63,64)66-45-51-40-41-52(69-51)58-42-46(3)55(61)57-56(58)62)68-44-48-34-38-50(39-35-48)71-54(60)31-29-27-25-23-21-19-17-15-13-11-9-7-5-2;1-5-9-13-17(14-10-6-2,15-11-7-3)16-12-8-4/h32-42,51-52H,4-31,43-45H2,1-3H3,(H,63,64)(H,57,61,62);5-16H2,1-4H3/q;+1/p-1/t51-,52+;/m0./s1. The van der Waals surface area contributed by atoms with Gasteiger partial charge in [-0.2, -0.15) is 0 Å². The van der Waals surface area contributed by atoms with Crippen LogP contribution in [0.4, 0.5) is 0 Å². The van der Waals surface area contributed by atoms with Crippen molar-refractivity contribution in [3.05, 3.63) is 104 Å². The van der Waals surface area contributed by atoms with Crippen molar-refractivity contribution in [2.75, 3.05) is 32.8 Å². The van der Waals surface area contributed by atoms with Gasteiger partial charge in [0.1, 0.15) is 17.6 Å². The fourth-order valence-electron chi connectivity index (χ4n) is 11.1. The number of phosphoric ester groups is 2. The van der Waals surface area contributed by atoms with Crippen LogP contribution in [0.3, 0.4) is 0 Å². The molecule has 0 bridgehead atoms. The van der Waals surface area contributed by atoms with Gasteiger partial charge in [0, 0.05) is 24.6 Å². The van der Waals surface area contributed by atoms with Crippen molar-refractivity contribution < 1.29 is 60.2 Å². The zero-order valence-electron chi connectivity index (χ0n) is 57.4. The van der Waals surface area contributed by atoms with Crippen LogP contribution in [0.1, 0.15) is 296 Å². The Labute approximate surface area is 548 Å². The molecule has 17 nitrogen and oxygen atoms in total. The largest absolute Gasteiger partial charge is 0.756 e. The number of unbranched alkanes of at least 4 members (excludes halogenated alkanes) is 28. The number of quaternary nitrogens is 1. The van der Waals surface area contributed by atoms with Crippen molar-refractivity contribution in [1.29, 1.82) is 0 Å². The molecule has 91 heavy (non-hydrogen) atoms. The number of aromatic nitrogens is 2. The third-order valence-corrected chi connectivity index (χ3v) is 19.8. The molecule has 1 aromatic heterocycles. The Morgan fingerprint density at radius 1 is 0.505 bits per heavy atom. The fraction of sp³-hybridized carbons (Fsp3) is 0.722. The van der Waals surface area contributed by atoms with Crippen molar-refractivity contribution in [1.82, 2.24) is 9.55 Å². The smallest absolute Gasteiger partial charge is 0.481 e. The Kier molecular flexibility index (Phi) is 44.2. The molecule has 3 atom stereocenters. The van der Waals surface area contributed by atoms with Crippen molar-refractivity contribution in [3.63, 3.8) is 0 Å². The molecule has 1 N–H and O–H groups in total. The van der Waals surface area contributed by atoms with E-state index in [-0.39, 0.29) is 17.5 Å². The summed E-state index contributed by atoms with van der Waals surface area (Å²) in [6.45, 7) is 19.5. The molecule has 0 radical (unpaired) electrons. The number of carbonyl (C=O) groups excluding carboxylic acids is 2. The molecular formula is C72H121N3O14P2. The van der Waals surface area contributed by atoms with E-state index in [9.17, 15) is 33.2 Å². The van der Waals surface area contributed by atoms with Crippen molar-refractivity contribution in [3.8, 4) is 11.5 Å². The molecule has 2 heterocycles. The van der Waals surface area contributed by atoms with Crippen molar-refractivity contribution >= 4 is 27.6 Å². The van der Waals surface area contributed by atoms with Crippen LogP contribution in [-0.4, -0.2) is 64.9 Å². The van der Waals surface area contributed by atoms with Crippen LogP contribution in [0.2, 0.25) is 0 Å². The lowest BCUT2D eigenvalue weighted by Crippen LogP contribution is -2.50. The number of aromatic amines is 1. The van der Waals surface area contributed by atoms with Gasteiger partial charge in [0.05, 0.1) is 46.0 Å². The van der Waals surface area contributed by atoms with E-state index in [2.05, 4.69) is 46.5 Å².